The molecule has 100 valence electrons. The van der Waals surface area contributed by atoms with Gasteiger partial charge in [-0.25, -0.2) is 4.39 Å². The first-order valence-corrected chi connectivity index (χ1v) is 7.11. The molecular weight excluding hydrogens is 225 g/mol. The van der Waals surface area contributed by atoms with Crippen molar-refractivity contribution in [1.29, 1.82) is 0 Å². The van der Waals surface area contributed by atoms with Gasteiger partial charge in [0.2, 0.25) is 0 Å². The SMILES string of the molecule is Cc1ccc(CNCC2CCCC(C)C2)cc1F. The van der Waals surface area contributed by atoms with E-state index in [1.165, 1.54) is 25.7 Å². The predicted molar refractivity (Wildman–Crippen MR) is 74.0 cm³/mol. The van der Waals surface area contributed by atoms with Crippen molar-refractivity contribution in [3.8, 4) is 0 Å². The third kappa shape index (κ3) is 3.81. The van der Waals surface area contributed by atoms with Gasteiger partial charge in [-0.1, -0.05) is 31.9 Å². The zero-order valence-corrected chi connectivity index (χ0v) is 11.5. The highest BCUT2D eigenvalue weighted by Crippen LogP contribution is 2.27. The van der Waals surface area contributed by atoms with E-state index in [9.17, 15) is 4.39 Å². The summed E-state index contributed by atoms with van der Waals surface area (Å²) in [6.07, 6.45) is 5.45. The molecule has 0 saturated heterocycles. The first kappa shape index (κ1) is 13.5. The minimum absolute atomic E-state index is 0.0967. The van der Waals surface area contributed by atoms with Gasteiger partial charge < -0.3 is 5.32 Å². The van der Waals surface area contributed by atoms with Crippen LogP contribution in [0.5, 0.6) is 0 Å². The van der Waals surface area contributed by atoms with E-state index in [0.29, 0.717) is 0 Å². The summed E-state index contributed by atoms with van der Waals surface area (Å²) in [6.45, 7) is 6.00. The van der Waals surface area contributed by atoms with Crippen LogP contribution < -0.4 is 5.32 Å². The first-order chi connectivity index (χ1) is 8.65. The van der Waals surface area contributed by atoms with Crippen LogP contribution in [0.25, 0.3) is 0 Å². The monoisotopic (exact) mass is 249 g/mol. The van der Waals surface area contributed by atoms with Crippen LogP contribution >= 0.6 is 0 Å². The molecule has 1 aliphatic carbocycles. The molecule has 0 bridgehead atoms. The van der Waals surface area contributed by atoms with E-state index in [-0.39, 0.29) is 5.82 Å². The summed E-state index contributed by atoms with van der Waals surface area (Å²) in [5, 5.41) is 3.47. The minimum atomic E-state index is -0.0967. The van der Waals surface area contributed by atoms with E-state index >= 15 is 0 Å². The van der Waals surface area contributed by atoms with Gasteiger partial charge in [-0.3, -0.25) is 0 Å². The number of benzene rings is 1. The second kappa shape index (κ2) is 6.33. The molecule has 1 aliphatic rings. The van der Waals surface area contributed by atoms with Crippen LogP contribution in [0.3, 0.4) is 0 Å². The summed E-state index contributed by atoms with van der Waals surface area (Å²) in [5.41, 5.74) is 1.77. The Labute approximate surface area is 110 Å². The van der Waals surface area contributed by atoms with Crippen molar-refractivity contribution >= 4 is 0 Å². The molecule has 2 atom stereocenters. The smallest absolute Gasteiger partial charge is 0.126 e. The fraction of sp³-hybridized carbons (Fsp3) is 0.625. The Hall–Kier alpha value is -0.890. The third-order valence-corrected chi connectivity index (χ3v) is 4.04. The maximum absolute atomic E-state index is 13.4. The van der Waals surface area contributed by atoms with Crippen LogP contribution in [0.2, 0.25) is 0 Å². The minimum Gasteiger partial charge on any atom is -0.312 e. The molecule has 0 aromatic heterocycles. The van der Waals surface area contributed by atoms with Crippen LogP contribution in [-0.2, 0) is 6.54 Å². The molecule has 1 nitrogen and oxygen atoms in total. The van der Waals surface area contributed by atoms with Crippen molar-refractivity contribution in [3.05, 3.63) is 35.1 Å². The summed E-state index contributed by atoms with van der Waals surface area (Å²) >= 11 is 0. The first-order valence-electron chi connectivity index (χ1n) is 7.11. The Balaban J connectivity index is 1.76. The van der Waals surface area contributed by atoms with E-state index < -0.39 is 0 Å². The standard InChI is InChI=1S/C16H24FN/c1-12-4-3-5-14(8-12)10-18-11-15-7-6-13(2)16(17)9-15/h6-7,9,12,14,18H,3-5,8,10-11H2,1-2H3. The van der Waals surface area contributed by atoms with Gasteiger partial charge in [0.25, 0.3) is 0 Å². The predicted octanol–water partition coefficient (Wildman–Crippen LogP) is 4.05. The third-order valence-electron chi connectivity index (χ3n) is 4.04. The van der Waals surface area contributed by atoms with Gasteiger partial charge >= 0.3 is 0 Å². The summed E-state index contributed by atoms with van der Waals surface area (Å²) < 4.78 is 13.4. The normalized spacial score (nSPS) is 24.2. The summed E-state index contributed by atoms with van der Waals surface area (Å²) in [7, 11) is 0. The van der Waals surface area contributed by atoms with Crippen molar-refractivity contribution in [1.82, 2.24) is 5.32 Å². The second-order valence-corrected chi connectivity index (χ2v) is 5.85. The highest BCUT2D eigenvalue weighted by Gasteiger charge is 2.18. The Morgan fingerprint density at radius 1 is 1.33 bits per heavy atom. The molecule has 0 spiro atoms. The van der Waals surface area contributed by atoms with E-state index in [2.05, 4.69) is 12.2 Å². The van der Waals surface area contributed by atoms with Gasteiger partial charge in [0.1, 0.15) is 5.82 Å². The van der Waals surface area contributed by atoms with Gasteiger partial charge in [0.05, 0.1) is 0 Å². The van der Waals surface area contributed by atoms with Gasteiger partial charge in [-0.15, -0.1) is 0 Å². The molecule has 1 N–H and O–H groups in total. The lowest BCUT2D eigenvalue weighted by molar-refractivity contribution is 0.274. The second-order valence-electron chi connectivity index (χ2n) is 5.85. The number of halogens is 1. The molecular formula is C16H24FN. The molecule has 0 radical (unpaired) electrons. The molecule has 2 rings (SSSR count). The number of hydrogen-bond donors (Lipinski definition) is 1. The fourth-order valence-corrected chi connectivity index (χ4v) is 2.91. The Bertz CT molecular complexity index is 389. The van der Waals surface area contributed by atoms with Crippen molar-refractivity contribution in [2.24, 2.45) is 11.8 Å². The quantitative estimate of drug-likeness (QED) is 0.849. The highest BCUT2D eigenvalue weighted by molar-refractivity contribution is 5.23. The van der Waals surface area contributed by atoms with Gasteiger partial charge in [0.15, 0.2) is 0 Å². The van der Waals surface area contributed by atoms with Gasteiger partial charge in [-0.2, -0.15) is 0 Å². The lowest BCUT2D eigenvalue weighted by Gasteiger charge is -2.26. The molecule has 0 amide bonds. The van der Waals surface area contributed by atoms with E-state index in [0.717, 1.165) is 36.1 Å². The fourth-order valence-electron chi connectivity index (χ4n) is 2.91. The van der Waals surface area contributed by atoms with Gasteiger partial charge in [-0.05, 0) is 55.3 Å². The average molecular weight is 249 g/mol. The van der Waals surface area contributed by atoms with Crippen molar-refractivity contribution in [2.45, 2.75) is 46.1 Å². The molecule has 2 unspecified atom stereocenters. The average Bonchev–Trinajstić information content (AvgIpc) is 2.34. The summed E-state index contributed by atoms with van der Waals surface area (Å²) in [6, 6.07) is 5.51. The molecule has 18 heavy (non-hydrogen) atoms. The Morgan fingerprint density at radius 2 is 2.17 bits per heavy atom. The number of aryl methyl sites for hydroxylation is 1. The summed E-state index contributed by atoms with van der Waals surface area (Å²) in [5.74, 6) is 1.59. The molecule has 1 saturated carbocycles. The molecule has 0 aliphatic heterocycles. The Kier molecular flexibility index (Phi) is 4.76. The van der Waals surface area contributed by atoms with Crippen LogP contribution in [0.4, 0.5) is 4.39 Å². The zero-order chi connectivity index (χ0) is 13.0. The lowest BCUT2D eigenvalue weighted by Crippen LogP contribution is -2.26. The molecule has 1 aromatic carbocycles. The highest BCUT2D eigenvalue weighted by atomic mass is 19.1. The summed E-state index contributed by atoms with van der Waals surface area (Å²) in [4.78, 5) is 0. The van der Waals surface area contributed by atoms with Crippen molar-refractivity contribution < 1.29 is 4.39 Å². The van der Waals surface area contributed by atoms with Crippen LogP contribution in [0, 0.1) is 24.6 Å². The van der Waals surface area contributed by atoms with E-state index in [4.69, 9.17) is 0 Å². The maximum atomic E-state index is 13.4. The van der Waals surface area contributed by atoms with E-state index in [1.54, 1.807) is 13.0 Å². The maximum Gasteiger partial charge on any atom is 0.126 e. The van der Waals surface area contributed by atoms with Crippen molar-refractivity contribution in [2.75, 3.05) is 6.54 Å². The number of nitrogens with one attached hydrogen (secondary N) is 1. The largest absolute Gasteiger partial charge is 0.312 e. The number of hydrogen-bond acceptors (Lipinski definition) is 1. The van der Waals surface area contributed by atoms with Gasteiger partial charge in [0, 0.05) is 6.54 Å². The Morgan fingerprint density at radius 3 is 2.89 bits per heavy atom. The molecule has 2 heteroatoms. The zero-order valence-electron chi connectivity index (χ0n) is 11.5. The van der Waals surface area contributed by atoms with Crippen LogP contribution in [0.15, 0.2) is 18.2 Å². The van der Waals surface area contributed by atoms with Crippen molar-refractivity contribution in [3.63, 3.8) is 0 Å². The molecule has 1 aromatic rings. The number of rotatable bonds is 4. The molecule has 1 fully saturated rings. The van der Waals surface area contributed by atoms with E-state index in [1.807, 2.05) is 12.1 Å². The van der Waals surface area contributed by atoms with Crippen LogP contribution in [-0.4, -0.2) is 6.54 Å². The topological polar surface area (TPSA) is 12.0 Å². The lowest BCUT2D eigenvalue weighted by atomic mass is 9.82. The molecule has 0 heterocycles. The van der Waals surface area contributed by atoms with Crippen LogP contribution in [0.1, 0.15) is 43.7 Å².